The SMILES string of the molecule is CC(C)c1cc(C(C)C)c(B2c3ccc(N(c4ccccc4)c4ccccc4)cc3Oc3cc4c(cc32)B2c3ccccc3N(c3ccccc3)c3cccc(c32)S4)c(C(C)C)c1. The van der Waals surface area contributed by atoms with Crippen molar-refractivity contribution in [3.05, 3.63) is 193 Å². The molecule has 8 aromatic rings. The van der Waals surface area contributed by atoms with Crippen LogP contribution in [-0.2, 0) is 0 Å². The van der Waals surface area contributed by atoms with E-state index in [0.29, 0.717) is 17.8 Å². The highest BCUT2D eigenvalue weighted by Crippen LogP contribution is 2.43. The molecule has 306 valence electrons. The van der Waals surface area contributed by atoms with Crippen molar-refractivity contribution in [2.45, 2.75) is 69.1 Å². The smallest absolute Gasteiger partial charge is 0.251 e. The first-order valence-electron chi connectivity index (χ1n) is 22.6. The summed E-state index contributed by atoms with van der Waals surface area (Å²) >= 11 is 1.88. The number of anilines is 6. The number of rotatable bonds is 8. The van der Waals surface area contributed by atoms with Crippen LogP contribution < -0.4 is 47.3 Å². The van der Waals surface area contributed by atoms with Gasteiger partial charge in [0.25, 0.3) is 6.71 Å². The van der Waals surface area contributed by atoms with E-state index in [1.165, 1.54) is 76.3 Å². The van der Waals surface area contributed by atoms with Gasteiger partial charge in [0, 0.05) is 50.0 Å². The Bertz CT molecular complexity index is 2960. The Labute approximate surface area is 377 Å². The van der Waals surface area contributed by atoms with Crippen LogP contribution in [0.1, 0.15) is 76.0 Å². The largest absolute Gasteiger partial charge is 0.458 e. The third-order valence-corrected chi connectivity index (χ3v) is 14.5. The molecule has 3 nitrogen and oxygen atoms in total. The summed E-state index contributed by atoms with van der Waals surface area (Å²) in [5.41, 5.74) is 19.1. The zero-order valence-corrected chi connectivity index (χ0v) is 37.7. The maximum Gasteiger partial charge on any atom is 0.251 e. The normalized spacial score (nSPS) is 13.3. The highest BCUT2D eigenvalue weighted by Gasteiger charge is 2.44. The zero-order valence-electron chi connectivity index (χ0n) is 36.8. The molecule has 0 N–H and O–H groups in total. The summed E-state index contributed by atoms with van der Waals surface area (Å²) < 4.78 is 7.31. The van der Waals surface area contributed by atoms with Crippen LogP contribution in [0.25, 0.3) is 0 Å². The van der Waals surface area contributed by atoms with Gasteiger partial charge < -0.3 is 14.5 Å². The van der Waals surface area contributed by atoms with Gasteiger partial charge in [-0.3, -0.25) is 0 Å². The first-order chi connectivity index (χ1) is 30.7. The summed E-state index contributed by atoms with van der Waals surface area (Å²) in [5, 5.41) is 0. The lowest BCUT2D eigenvalue weighted by Gasteiger charge is -2.41. The lowest BCUT2D eigenvalue weighted by atomic mass is 9.31. The van der Waals surface area contributed by atoms with Crippen LogP contribution in [0.4, 0.5) is 34.1 Å². The molecule has 8 aromatic carbocycles. The van der Waals surface area contributed by atoms with Crippen molar-refractivity contribution in [1.29, 1.82) is 0 Å². The lowest BCUT2D eigenvalue weighted by Crippen LogP contribution is -2.62. The third kappa shape index (κ3) is 6.61. The van der Waals surface area contributed by atoms with Crippen molar-refractivity contribution in [3.8, 4) is 11.5 Å². The Hall–Kier alpha value is -6.36. The fourth-order valence-corrected chi connectivity index (χ4v) is 11.6. The Morgan fingerprint density at radius 3 is 1.68 bits per heavy atom. The van der Waals surface area contributed by atoms with Crippen molar-refractivity contribution in [3.63, 3.8) is 0 Å². The van der Waals surface area contributed by atoms with Crippen LogP contribution in [-0.4, -0.2) is 13.4 Å². The Kier molecular flexibility index (Phi) is 9.88. The van der Waals surface area contributed by atoms with Crippen LogP contribution in [0, 0.1) is 0 Å². The van der Waals surface area contributed by atoms with E-state index in [-0.39, 0.29) is 13.4 Å². The number of ether oxygens (including phenoxy) is 1. The van der Waals surface area contributed by atoms with Gasteiger partial charge in [-0.15, -0.1) is 0 Å². The van der Waals surface area contributed by atoms with Crippen molar-refractivity contribution >= 4 is 92.1 Å². The van der Waals surface area contributed by atoms with Gasteiger partial charge in [0.05, 0.1) is 0 Å². The zero-order chi connectivity index (χ0) is 42.9. The number of fused-ring (bicyclic) bond motifs is 6. The molecular weight excluding hydrogens is 782 g/mol. The molecule has 6 heteroatoms. The first kappa shape index (κ1) is 39.5. The third-order valence-electron chi connectivity index (χ3n) is 13.3. The highest BCUT2D eigenvalue weighted by molar-refractivity contribution is 8.00. The Morgan fingerprint density at radius 2 is 1.03 bits per heavy atom. The van der Waals surface area contributed by atoms with Crippen molar-refractivity contribution in [2.24, 2.45) is 0 Å². The average Bonchev–Trinajstić information content (AvgIpc) is 3.30. The minimum atomic E-state index is -0.0395. The van der Waals surface area contributed by atoms with Gasteiger partial charge in [-0.2, -0.15) is 0 Å². The topological polar surface area (TPSA) is 15.7 Å². The van der Waals surface area contributed by atoms with Crippen LogP contribution >= 0.6 is 11.8 Å². The number of hydrogen-bond acceptors (Lipinski definition) is 4. The molecular formula is C57H50B2N2OS. The van der Waals surface area contributed by atoms with Gasteiger partial charge in [0.1, 0.15) is 11.5 Å². The van der Waals surface area contributed by atoms with Crippen LogP contribution in [0.15, 0.2) is 186 Å². The molecule has 0 unspecified atom stereocenters. The minimum absolute atomic E-state index is 0.0395. The monoisotopic (exact) mass is 832 g/mol. The molecule has 11 rings (SSSR count). The first-order valence-corrected chi connectivity index (χ1v) is 23.4. The number of benzene rings is 8. The summed E-state index contributed by atoms with van der Waals surface area (Å²) in [5.74, 6) is 2.92. The molecule has 63 heavy (non-hydrogen) atoms. The molecule has 0 bridgehead atoms. The molecule has 0 atom stereocenters. The van der Waals surface area contributed by atoms with Gasteiger partial charge in [0.15, 0.2) is 0 Å². The predicted molar refractivity (Wildman–Crippen MR) is 271 cm³/mol. The average molecular weight is 833 g/mol. The second kappa shape index (κ2) is 15.8. The van der Waals surface area contributed by atoms with Gasteiger partial charge in [-0.1, -0.05) is 167 Å². The van der Waals surface area contributed by atoms with E-state index < -0.39 is 0 Å². The molecule has 0 fully saturated rings. The molecule has 0 spiro atoms. The van der Waals surface area contributed by atoms with Gasteiger partial charge in [-0.05, 0) is 123 Å². The van der Waals surface area contributed by atoms with E-state index in [1.54, 1.807) is 0 Å². The van der Waals surface area contributed by atoms with Crippen LogP contribution in [0.2, 0.25) is 0 Å². The molecule has 3 aliphatic heterocycles. The number of nitrogens with zero attached hydrogens (tertiary/aromatic N) is 2. The molecule has 3 heterocycles. The van der Waals surface area contributed by atoms with E-state index >= 15 is 0 Å². The molecule has 0 aliphatic carbocycles. The molecule has 3 aliphatic rings. The van der Waals surface area contributed by atoms with Crippen molar-refractivity contribution in [1.82, 2.24) is 0 Å². The van der Waals surface area contributed by atoms with E-state index in [4.69, 9.17) is 4.74 Å². The Balaban J connectivity index is 1.16. The minimum Gasteiger partial charge on any atom is -0.458 e. The van der Waals surface area contributed by atoms with E-state index in [1.807, 2.05) is 11.8 Å². The maximum atomic E-state index is 7.31. The maximum absolute atomic E-state index is 7.31. The lowest BCUT2D eigenvalue weighted by molar-refractivity contribution is 0.486. The van der Waals surface area contributed by atoms with Crippen molar-refractivity contribution in [2.75, 3.05) is 9.80 Å². The van der Waals surface area contributed by atoms with Crippen LogP contribution in [0.5, 0.6) is 11.5 Å². The van der Waals surface area contributed by atoms with Gasteiger partial charge >= 0.3 is 0 Å². The van der Waals surface area contributed by atoms with E-state index in [9.17, 15) is 0 Å². The highest BCUT2D eigenvalue weighted by atomic mass is 32.2. The molecule has 0 amide bonds. The number of hydrogen-bond donors (Lipinski definition) is 0. The summed E-state index contributed by atoms with van der Waals surface area (Å²) in [4.78, 5) is 7.34. The molecule has 0 aromatic heterocycles. The Morgan fingerprint density at radius 1 is 0.444 bits per heavy atom. The predicted octanol–water partition coefficient (Wildman–Crippen LogP) is 11.9. The summed E-state index contributed by atoms with van der Waals surface area (Å²) in [6.07, 6.45) is 0. The molecule has 0 saturated heterocycles. The summed E-state index contributed by atoms with van der Waals surface area (Å²) in [6, 6.07) is 64.9. The fraction of sp³-hybridized carbons (Fsp3) is 0.158. The van der Waals surface area contributed by atoms with Gasteiger partial charge in [-0.25, -0.2) is 0 Å². The molecule has 0 saturated carbocycles. The quantitative estimate of drug-likeness (QED) is 0.142. The second-order valence-electron chi connectivity index (χ2n) is 18.2. The second-order valence-corrected chi connectivity index (χ2v) is 19.3. The van der Waals surface area contributed by atoms with Gasteiger partial charge in [0.2, 0.25) is 6.71 Å². The fourth-order valence-electron chi connectivity index (χ4n) is 10.4. The van der Waals surface area contributed by atoms with Crippen molar-refractivity contribution < 1.29 is 4.74 Å². The van der Waals surface area contributed by atoms with Crippen LogP contribution in [0.3, 0.4) is 0 Å². The molecule has 0 radical (unpaired) electrons. The summed E-state index contributed by atoms with van der Waals surface area (Å²) in [7, 11) is 0. The number of para-hydroxylation sites is 4. The standard InChI is InChI=1S/C57H50B2N2OS/c1-36(2)39-31-44(37(3)4)56(45(32-39)38(5)6)59-47-30-29-43(60(40-19-10-7-11-20-40)41-21-12-8-13-22-41)33-52(47)62-53-35-55-49(34-48(53)59)58-46-25-16-17-26-50(46)61(42-23-14-9-15-24-42)51-27-18-28-54(63-55)57(51)58/h7-38H,1-6H3. The van der Waals surface area contributed by atoms with E-state index in [2.05, 4.69) is 227 Å². The van der Waals surface area contributed by atoms with E-state index in [0.717, 1.165) is 28.6 Å². The summed E-state index contributed by atoms with van der Waals surface area (Å²) in [6.45, 7) is 14.2.